The molecule has 1 aromatic heterocycles. The molecule has 1 aliphatic heterocycles. The molecule has 2 aromatic carbocycles. The molecule has 1 fully saturated rings. The molecule has 26 heavy (non-hydrogen) atoms. The van der Waals surface area contributed by atoms with E-state index >= 15 is 0 Å². The number of nitro groups is 1. The minimum absolute atomic E-state index is 0.0321. The van der Waals surface area contributed by atoms with E-state index in [2.05, 4.69) is 9.97 Å². The lowest BCUT2D eigenvalue weighted by Gasteiger charge is -2.23. The number of para-hydroxylation sites is 2. The number of rotatable bonds is 3. The van der Waals surface area contributed by atoms with Gasteiger partial charge in [0.15, 0.2) is 0 Å². The second kappa shape index (κ2) is 6.25. The standard InChI is InChI=1S/C19H18N4O3/c1-12-8-9-13(11-17(12)23(25)26)19(24)22-10-4-7-16(22)18-20-14-5-2-3-6-15(14)21-18/h2-3,5-6,8-9,11,16H,4,7,10H2,1H3,(H,20,21)/t16-/m0/s1. The van der Waals surface area contributed by atoms with Gasteiger partial charge in [0.2, 0.25) is 0 Å². The Hall–Kier alpha value is -3.22. The summed E-state index contributed by atoms with van der Waals surface area (Å²) in [5, 5.41) is 11.2. The lowest BCUT2D eigenvalue weighted by molar-refractivity contribution is -0.385. The Morgan fingerprint density at radius 2 is 2.12 bits per heavy atom. The molecule has 1 amide bonds. The number of hydrogen-bond acceptors (Lipinski definition) is 4. The van der Waals surface area contributed by atoms with Crippen LogP contribution in [0.5, 0.6) is 0 Å². The highest BCUT2D eigenvalue weighted by Crippen LogP contribution is 2.33. The Kier molecular flexibility index (Phi) is 3.91. The van der Waals surface area contributed by atoms with Gasteiger partial charge in [0, 0.05) is 23.7 Å². The number of aromatic nitrogens is 2. The molecular formula is C19H18N4O3. The van der Waals surface area contributed by atoms with Crippen molar-refractivity contribution in [2.45, 2.75) is 25.8 Å². The van der Waals surface area contributed by atoms with E-state index in [0.29, 0.717) is 17.7 Å². The first kappa shape index (κ1) is 16.3. The number of nitrogens with one attached hydrogen (secondary N) is 1. The molecule has 0 unspecified atom stereocenters. The van der Waals surface area contributed by atoms with Gasteiger partial charge in [-0.25, -0.2) is 4.98 Å². The third-order valence-electron chi connectivity index (χ3n) is 4.89. The minimum Gasteiger partial charge on any atom is -0.340 e. The molecule has 2 heterocycles. The van der Waals surface area contributed by atoms with E-state index in [9.17, 15) is 14.9 Å². The number of benzene rings is 2. The van der Waals surface area contributed by atoms with Gasteiger partial charge in [0.1, 0.15) is 5.82 Å². The molecule has 0 saturated carbocycles. The van der Waals surface area contributed by atoms with E-state index < -0.39 is 4.92 Å². The van der Waals surface area contributed by atoms with Gasteiger partial charge < -0.3 is 9.88 Å². The molecule has 0 radical (unpaired) electrons. The summed E-state index contributed by atoms with van der Waals surface area (Å²) in [6.45, 7) is 2.28. The quantitative estimate of drug-likeness (QED) is 0.575. The maximum absolute atomic E-state index is 13.0. The summed E-state index contributed by atoms with van der Waals surface area (Å²) < 4.78 is 0. The van der Waals surface area contributed by atoms with Gasteiger partial charge in [-0.1, -0.05) is 18.2 Å². The smallest absolute Gasteiger partial charge is 0.273 e. The number of hydrogen-bond donors (Lipinski definition) is 1. The molecule has 0 aliphatic carbocycles. The molecule has 7 nitrogen and oxygen atoms in total. The largest absolute Gasteiger partial charge is 0.340 e. The zero-order chi connectivity index (χ0) is 18.3. The number of imidazole rings is 1. The Bertz CT molecular complexity index is 978. The van der Waals surface area contributed by atoms with Crippen molar-refractivity contribution in [2.24, 2.45) is 0 Å². The van der Waals surface area contributed by atoms with Gasteiger partial charge in [-0.3, -0.25) is 14.9 Å². The number of nitro benzene ring substituents is 1. The Labute approximate surface area is 149 Å². The number of carbonyl (C=O) groups excluding carboxylic acids is 1. The van der Waals surface area contributed by atoms with Crippen LogP contribution < -0.4 is 0 Å². The van der Waals surface area contributed by atoms with Gasteiger partial charge in [-0.05, 0) is 38.0 Å². The van der Waals surface area contributed by atoms with Crippen LogP contribution in [-0.4, -0.2) is 32.2 Å². The van der Waals surface area contributed by atoms with Crippen molar-refractivity contribution < 1.29 is 9.72 Å². The first-order chi connectivity index (χ1) is 12.5. The van der Waals surface area contributed by atoms with Crippen LogP contribution in [0.2, 0.25) is 0 Å². The number of likely N-dealkylation sites (tertiary alicyclic amines) is 1. The predicted molar refractivity (Wildman–Crippen MR) is 96.9 cm³/mol. The van der Waals surface area contributed by atoms with Crippen LogP contribution in [0.1, 0.15) is 40.6 Å². The van der Waals surface area contributed by atoms with Crippen LogP contribution in [0, 0.1) is 17.0 Å². The number of H-pyrrole nitrogens is 1. The number of aromatic amines is 1. The topological polar surface area (TPSA) is 92.1 Å². The monoisotopic (exact) mass is 350 g/mol. The average Bonchev–Trinajstić information content (AvgIpc) is 3.27. The lowest BCUT2D eigenvalue weighted by Crippen LogP contribution is -2.31. The summed E-state index contributed by atoms with van der Waals surface area (Å²) in [4.78, 5) is 33.4. The molecule has 3 aromatic rings. The van der Waals surface area contributed by atoms with Crippen molar-refractivity contribution >= 4 is 22.6 Å². The average molecular weight is 350 g/mol. The molecule has 1 aliphatic rings. The summed E-state index contributed by atoms with van der Waals surface area (Å²) in [5.41, 5.74) is 2.66. The van der Waals surface area contributed by atoms with Crippen molar-refractivity contribution in [3.8, 4) is 0 Å². The van der Waals surface area contributed by atoms with Crippen LogP contribution in [-0.2, 0) is 0 Å². The van der Waals surface area contributed by atoms with E-state index in [1.54, 1.807) is 24.0 Å². The molecule has 0 bridgehead atoms. The number of amides is 1. The Morgan fingerprint density at radius 1 is 1.31 bits per heavy atom. The summed E-state index contributed by atoms with van der Waals surface area (Å²) in [6.07, 6.45) is 1.70. The second-order valence-corrected chi connectivity index (χ2v) is 6.55. The molecule has 0 spiro atoms. The Morgan fingerprint density at radius 3 is 2.88 bits per heavy atom. The van der Waals surface area contributed by atoms with Crippen molar-refractivity contribution in [3.05, 3.63) is 69.5 Å². The highest BCUT2D eigenvalue weighted by molar-refractivity contribution is 5.95. The molecule has 1 atom stereocenters. The summed E-state index contributed by atoms with van der Waals surface area (Å²) in [7, 11) is 0. The van der Waals surface area contributed by atoms with Crippen molar-refractivity contribution in [3.63, 3.8) is 0 Å². The minimum atomic E-state index is -0.452. The fourth-order valence-electron chi connectivity index (χ4n) is 3.53. The fourth-order valence-corrected chi connectivity index (χ4v) is 3.53. The number of aryl methyl sites for hydroxylation is 1. The molecule has 1 N–H and O–H groups in total. The first-order valence-electron chi connectivity index (χ1n) is 8.55. The summed E-state index contributed by atoms with van der Waals surface area (Å²) >= 11 is 0. The normalized spacial score (nSPS) is 17.0. The van der Waals surface area contributed by atoms with Gasteiger partial charge in [-0.2, -0.15) is 0 Å². The highest BCUT2D eigenvalue weighted by Gasteiger charge is 2.33. The van der Waals surface area contributed by atoms with Crippen molar-refractivity contribution in [1.29, 1.82) is 0 Å². The van der Waals surface area contributed by atoms with E-state index in [4.69, 9.17) is 0 Å². The molecule has 7 heteroatoms. The second-order valence-electron chi connectivity index (χ2n) is 6.55. The third kappa shape index (κ3) is 2.71. The van der Waals surface area contributed by atoms with Crippen molar-refractivity contribution in [1.82, 2.24) is 14.9 Å². The van der Waals surface area contributed by atoms with E-state index in [1.165, 1.54) is 6.07 Å². The van der Waals surface area contributed by atoms with Gasteiger partial charge in [0.25, 0.3) is 11.6 Å². The van der Waals surface area contributed by atoms with Crippen LogP contribution in [0.4, 0.5) is 5.69 Å². The molecule has 132 valence electrons. The van der Waals surface area contributed by atoms with Crippen LogP contribution in [0.3, 0.4) is 0 Å². The summed E-state index contributed by atoms with van der Waals surface area (Å²) in [6, 6.07) is 12.2. The van der Waals surface area contributed by atoms with Gasteiger partial charge in [0.05, 0.1) is 22.0 Å². The fraction of sp³-hybridized carbons (Fsp3) is 0.263. The maximum atomic E-state index is 13.0. The lowest BCUT2D eigenvalue weighted by atomic mass is 10.1. The molecular weight excluding hydrogens is 332 g/mol. The SMILES string of the molecule is Cc1ccc(C(=O)N2CCC[C@H]2c2nc3ccccc3[nH]2)cc1[N+](=O)[O-]. The molecule has 4 rings (SSSR count). The van der Waals surface area contributed by atoms with Crippen molar-refractivity contribution in [2.75, 3.05) is 6.54 Å². The van der Waals surface area contributed by atoms with E-state index in [0.717, 1.165) is 29.7 Å². The van der Waals surface area contributed by atoms with Crippen LogP contribution in [0.15, 0.2) is 42.5 Å². The first-order valence-corrected chi connectivity index (χ1v) is 8.55. The van der Waals surface area contributed by atoms with Crippen LogP contribution >= 0.6 is 0 Å². The number of nitrogens with zero attached hydrogens (tertiary/aromatic N) is 3. The third-order valence-corrected chi connectivity index (χ3v) is 4.89. The zero-order valence-corrected chi connectivity index (χ0v) is 14.3. The zero-order valence-electron chi connectivity index (χ0n) is 14.3. The van der Waals surface area contributed by atoms with E-state index in [-0.39, 0.29) is 17.6 Å². The molecule has 1 saturated heterocycles. The van der Waals surface area contributed by atoms with Crippen LogP contribution in [0.25, 0.3) is 11.0 Å². The maximum Gasteiger partial charge on any atom is 0.273 e. The van der Waals surface area contributed by atoms with Gasteiger partial charge >= 0.3 is 0 Å². The summed E-state index contributed by atoms with van der Waals surface area (Å²) in [5.74, 6) is 0.565. The van der Waals surface area contributed by atoms with Gasteiger partial charge in [-0.15, -0.1) is 0 Å². The highest BCUT2D eigenvalue weighted by atomic mass is 16.6. The Balaban J connectivity index is 1.67. The number of carbonyl (C=O) groups is 1. The predicted octanol–water partition coefficient (Wildman–Crippen LogP) is 3.76. The van der Waals surface area contributed by atoms with E-state index in [1.807, 2.05) is 24.3 Å². The number of fused-ring (bicyclic) bond motifs is 1.